The summed E-state index contributed by atoms with van der Waals surface area (Å²) >= 11 is 0. The van der Waals surface area contributed by atoms with E-state index >= 15 is 0 Å². The lowest BCUT2D eigenvalue weighted by Gasteiger charge is -2.42. The van der Waals surface area contributed by atoms with Gasteiger partial charge in [0.05, 0.1) is 11.1 Å². The lowest BCUT2D eigenvalue weighted by Crippen LogP contribution is -2.52. The van der Waals surface area contributed by atoms with Crippen molar-refractivity contribution in [1.82, 2.24) is 24.6 Å². The molecule has 0 aliphatic carbocycles. The first-order chi connectivity index (χ1) is 15.5. The third-order valence-electron chi connectivity index (χ3n) is 7.14. The van der Waals surface area contributed by atoms with Crippen LogP contribution in [0.5, 0.6) is 0 Å². The summed E-state index contributed by atoms with van der Waals surface area (Å²) in [4.78, 5) is 23.3. The second-order valence-electron chi connectivity index (χ2n) is 9.34. The van der Waals surface area contributed by atoms with Crippen LogP contribution in [0.4, 0.5) is 0 Å². The summed E-state index contributed by atoms with van der Waals surface area (Å²) in [5.74, 6) is 0.421. The highest BCUT2D eigenvalue weighted by Crippen LogP contribution is 2.49. The highest BCUT2D eigenvalue weighted by atomic mass is 16.2. The fraction of sp³-hybridized carbons (Fsp3) is 0.423. The summed E-state index contributed by atoms with van der Waals surface area (Å²) in [5.41, 5.74) is 4.02. The second-order valence-corrected chi connectivity index (χ2v) is 9.34. The van der Waals surface area contributed by atoms with E-state index in [-0.39, 0.29) is 5.92 Å². The first kappa shape index (κ1) is 20.9. The first-order valence-corrected chi connectivity index (χ1v) is 11.5. The standard InChI is InChI=1S/C26H31N5O/c1-20-8-6-11-22(28-20)17-30-18-23(24-12-14-27-29(24)2)26(19-30)13-7-15-31(25(26)32)16-21-9-4-3-5-10-21/h3-6,8-12,14,23H,7,13,15-19H2,1-2H3/t23-,26+/m0/s1. The summed E-state index contributed by atoms with van der Waals surface area (Å²) in [5, 5.41) is 4.43. The number of hydrogen-bond acceptors (Lipinski definition) is 4. The molecular formula is C26H31N5O. The molecular weight excluding hydrogens is 398 g/mol. The van der Waals surface area contributed by atoms with Gasteiger partial charge in [-0.25, -0.2) is 0 Å². The van der Waals surface area contributed by atoms with Gasteiger partial charge in [0.25, 0.3) is 0 Å². The SMILES string of the molecule is Cc1cccc(CN2C[C@@H](c3ccnn3C)[C@@]3(CCCN(Cc4ccccc4)C3=O)C2)n1. The van der Waals surface area contributed by atoms with Gasteiger partial charge in [0.1, 0.15) is 0 Å². The number of benzene rings is 1. The van der Waals surface area contributed by atoms with Gasteiger partial charge in [-0.05, 0) is 43.5 Å². The molecule has 0 N–H and O–H groups in total. The highest BCUT2D eigenvalue weighted by molar-refractivity contribution is 5.85. The number of rotatable bonds is 5. The maximum atomic E-state index is 14.1. The third kappa shape index (κ3) is 3.84. The van der Waals surface area contributed by atoms with E-state index in [4.69, 9.17) is 4.98 Å². The average molecular weight is 430 g/mol. The van der Waals surface area contributed by atoms with Crippen LogP contribution >= 0.6 is 0 Å². The zero-order valence-electron chi connectivity index (χ0n) is 18.9. The van der Waals surface area contributed by atoms with Gasteiger partial charge >= 0.3 is 0 Å². The Hall–Kier alpha value is -2.99. The van der Waals surface area contributed by atoms with E-state index in [9.17, 15) is 4.79 Å². The van der Waals surface area contributed by atoms with Crippen LogP contribution in [0, 0.1) is 12.3 Å². The maximum absolute atomic E-state index is 14.1. The van der Waals surface area contributed by atoms with E-state index in [2.05, 4.69) is 45.2 Å². The van der Waals surface area contributed by atoms with E-state index in [0.717, 1.165) is 56.1 Å². The normalized spacial score (nSPS) is 23.9. The Bertz CT molecular complexity index is 1090. The number of aryl methyl sites for hydroxylation is 2. The van der Waals surface area contributed by atoms with Gasteiger partial charge in [-0.15, -0.1) is 0 Å². The van der Waals surface area contributed by atoms with Crippen molar-refractivity contribution in [2.45, 2.75) is 38.8 Å². The number of carbonyl (C=O) groups is 1. The molecule has 166 valence electrons. The summed E-state index contributed by atoms with van der Waals surface area (Å²) in [6.45, 7) is 5.91. The van der Waals surface area contributed by atoms with Crippen molar-refractivity contribution in [2.75, 3.05) is 19.6 Å². The Morgan fingerprint density at radius 2 is 1.91 bits per heavy atom. The molecule has 5 rings (SSSR count). The van der Waals surface area contributed by atoms with Crippen molar-refractivity contribution >= 4 is 5.91 Å². The quantitative estimate of drug-likeness (QED) is 0.623. The van der Waals surface area contributed by atoms with Crippen molar-refractivity contribution < 1.29 is 4.79 Å². The molecule has 1 spiro atoms. The molecule has 2 aliphatic heterocycles. The highest BCUT2D eigenvalue weighted by Gasteiger charge is 2.55. The van der Waals surface area contributed by atoms with Crippen LogP contribution < -0.4 is 0 Å². The van der Waals surface area contributed by atoms with Crippen LogP contribution in [-0.2, 0) is 24.9 Å². The fourth-order valence-corrected chi connectivity index (χ4v) is 5.68. The van der Waals surface area contributed by atoms with Crippen LogP contribution in [0.3, 0.4) is 0 Å². The molecule has 0 bridgehead atoms. The van der Waals surface area contributed by atoms with E-state index in [1.165, 1.54) is 5.56 Å². The lowest BCUT2D eigenvalue weighted by molar-refractivity contribution is -0.147. The number of amides is 1. The van der Waals surface area contributed by atoms with E-state index in [1.807, 2.05) is 49.1 Å². The molecule has 2 fully saturated rings. The van der Waals surface area contributed by atoms with Gasteiger partial charge < -0.3 is 4.90 Å². The van der Waals surface area contributed by atoms with Gasteiger partial charge in [0, 0.05) is 63.3 Å². The Kier molecular flexibility index (Phi) is 5.55. The molecule has 0 radical (unpaired) electrons. The molecule has 6 nitrogen and oxygen atoms in total. The minimum absolute atomic E-state index is 0.130. The molecule has 1 aromatic carbocycles. The van der Waals surface area contributed by atoms with Crippen molar-refractivity contribution in [3.05, 3.63) is 83.4 Å². The number of pyridine rings is 1. The molecule has 2 aromatic heterocycles. The fourth-order valence-electron chi connectivity index (χ4n) is 5.68. The minimum atomic E-state index is -0.412. The van der Waals surface area contributed by atoms with E-state index in [1.54, 1.807) is 0 Å². The van der Waals surface area contributed by atoms with Crippen LogP contribution in [0.25, 0.3) is 0 Å². The molecule has 0 unspecified atom stereocenters. The summed E-state index contributed by atoms with van der Waals surface area (Å²) in [6, 6.07) is 18.6. The molecule has 6 heteroatoms. The molecule has 0 saturated carbocycles. The van der Waals surface area contributed by atoms with Crippen LogP contribution in [-0.4, -0.2) is 50.1 Å². The summed E-state index contributed by atoms with van der Waals surface area (Å²) in [6.07, 6.45) is 3.80. The Balaban J connectivity index is 1.45. The van der Waals surface area contributed by atoms with Crippen molar-refractivity contribution in [1.29, 1.82) is 0 Å². The number of nitrogens with zero attached hydrogens (tertiary/aromatic N) is 5. The molecule has 2 aliphatic rings. The largest absolute Gasteiger partial charge is 0.338 e. The molecule has 3 aromatic rings. The van der Waals surface area contributed by atoms with Crippen LogP contribution in [0.15, 0.2) is 60.8 Å². The first-order valence-electron chi connectivity index (χ1n) is 11.5. The van der Waals surface area contributed by atoms with Gasteiger partial charge in [-0.1, -0.05) is 36.4 Å². The van der Waals surface area contributed by atoms with Crippen molar-refractivity contribution in [3.8, 4) is 0 Å². The van der Waals surface area contributed by atoms with Crippen LogP contribution in [0.2, 0.25) is 0 Å². The smallest absolute Gasteiger partial charge is 0.231 e. The molecule has 2 saturated heterocycles. The molecule has 1 amide bonds. The zero-order valence-corrected chi connectivity index (χ0v) is 18.9. The van der Waals surface area contributed by atoms with E-state index in [0.29, 0.717) is 12.5 Å². The van der Waals surface area contributed by atoms with Gasteiger partial charge in [-0.3, -0.25) is 19.4 Å². The Morgan fingerprint density at radius 1 is 1.06 bits per heavy atom. The third-order valence-corrected chi connectivity index (χ3v) is 7.14. The monoisotopic (exact) mass is 429 g/mol. The summed E-state index contributed by atoms with van der Waals surface area (Å²) in [7, 11) is 1.99. The van der Waals surface area contributed by atoms with Crippen LogP contribution in [0.1, 0.15) is 41.4 Å². The number of carbonyl (C=O) groups excluding carboxylic acids is 1. The van der Waals surface area contributed by atoms with Gasteiger partial charge in [0.2, 0.25) is 5.91 Å². The molecule has 4 heterocycles. The number of piperidine rings is 1. The zero-order chi connectivity index (χ0) is 22.1. The van der Waals surface area contributed by atoms with Gasteiger partial charge in [-0.2, -0.15) is 5.10 Å². The Morgan fingerprint density at radius 3 is 2.66 bits per heavy atom. The summed E-state index contributed by atoms with van der Waals surface area (Å²) < 4.78 is 1.95. The minimum Gasteiger partial charge on any atom is -0.338 e. The lowest BCUT2D eigenvalue weighted by atomic mass is 9.70. The molecule has 32 heavy (non-hydrogen) atoms. The molecule has 2 atom stereocenters. The topological polar surface area (TPSA) is 54.3 Å². The maximum Gasteiger partial charge on any atom is 0.231 e. The Labute approximate surface area is 189 Å². The average Bonchev–Trinajstić information content (AvgIpc) is 3.36. The van der Waals surface area contributed by atoms with Crippen molar-refractivity contribution in [2.24, 2.45) is 12.5 Å². The predicted molar refractivity (Wildman–Crippen MR) is 124 cm³/mol. The number of hydrogen-bond donors (Lipinski definition) is 0. The van der Waals surface area contributed by atoms with Gasteiger partial charge in [0.15, 0.2) is 0 Å². The number of likely N-dealkylation sites (tertiary alicyclic amines) is 2. The van der Waals surface area contributed by atoms with E-state index < -0.39 is 5.41 Å². The number of aromatic nitrogens is 3. The predicted octanol–water partition coefficient (Wildman–Crippen LogP) is 3.53. The second kappa shape index (κ2) is 8.51. The van der Waals surface area contributed by atoms with Crippen molar-refractivity contribution in [3.63, 3.8) is 0 Å².